The standard InChI is InChI=1S/C15H11N3O.ClH/c1-2-4-12-8-15-13(7-11(12)3-1)14(17-19-15)9-18-6-5-16-10-18;/h1-8,10H,9H2;1H. The van der Waals surface area contributed by atoms with E-state index in [1.807, 2.05) is 29.0 Å². The van der Waals surface area contributed by atoms with Crippen molar-refractivity contribution in [2.75, 3.05) is 0 Å². The Kier molecular flexibility index (Phi) is 3.16. The van der Waals surface area contributed by atoms with Gasteiger partial charge in [-0.15, -0.1) is 12.4 Å². The lowest BCUT2D eigenvalue weighted by Gasteiger charge is -1.99. The predicted molar refractivity (Wildman–Crippen MR) is 80.1 cm³/mol. The maximum Gasteiger partial charge on any atom is 0.167 e. The smallest absolute Gasteiger partial charge is 0.167 e. The lowest BCUT2D eigenvalue weighted by Crippen LogP contribution is -1.96. The molecule has 20 heavy (non-hydrogen) atoms. The molecule has 4 aromatic rings. The second-order valence-electron chi connectivity index (χ2n) is 4.56. The van der Waals surface area contributed by atoms with Gasteiger partial charge in [-0.2, -0.15) is 0 Å². The normalized spacial score (nSPS) is 10.8. The Hall–Kier alpha value is -2.33. The molecule has 0 unspecified atom stereocenters. The fourth-order valence-electron chi connectivity index (χ4n) is 2.34. The molecule has 0 amide bonds. The molecule has 0 saturated heterocycles. The van der Waals surface area contributed by atoms with Crippen molar-refractivity contribution in [3.8, 4) is 0 Å². The molecule has 2 aromatic carbocycles. The van der Waals surface area contributed by atoms with Gasteiger partial charge in [0.25, 0.3) is 0 Å². The number of benzene rings is 2. The molecule has 0 N–H and O–H groups in total. The minimum atomic E-state index is 0. The van der Waals surface area contributed by atoms with Gasteiger partial charge in [-0.1, -0.05) is 29.4 Å². The van der Waals surface area contributed by atoms with Crippen molar-refractivity contribution in [2.45, 2.75) is 6.54 Å². The molecule has 0 radical (unpaired) electrons. The number of hydrogen-bond acceptors (Lipinski definition) is 3. The third-order valence-corrected chi connectivity index (χ3v) is 3.30. The number of aromatic nitrogens is 3. The van der Waals surface area contributed by atoms with Gasteiger partial charge in [-0.3, -0.25) is 0 Å². The Morgan fingerprint density at radius 2 is 1.90 bits per heavy atom. The molecule has 100 valence electrons. The van der Waals surface area contributed by atoms with Crippen molar-refractivity contribution < 1.29 is 4.52 Å². The van der Waals surface area contributed by atoms with Crippen LogP contribution < -0.4 is 0 Å². The van der Waals surface area contributed by atoms with Crippen molar-refractivity contribution >= 4 is 34.1 Å². The first-order chi connectivity index (χ1) is 9.40. The maximum absolute atomic E-state index is 5.42. The Bertz CT molecular complexity index is 852. The summed E-state index contributed by atoms with van der Waals surface area (Å²) in [6.07, 6.45) is 5.46. The van der Waals surface area contributed by atoms with E-state index in [9.17, 15) is 0 Å². The molecule has 5 heteroatoms. The van der Waals surface area contributed by atoms with Crippen molar-refractivity contribution in [1.29, 1.82) is 0 Å². The van der Waals surface area contributed by atoms with Crippen LogP contribution in [0.2, 0.25) is 0 Å². The van der Waals surface area contributed by atoms with E-state index in [1.165, 1.54) is 10.8 Å². The molecule has 0 aliphatic heterocycles. The van der Waals surface area contributed by atoms with Crippen LogP contribution in [0.4, 0.5) is 0 Å². The molecular weight excluding hydrogens is 274 g/mol. The van der Waals surface area contributed by atoms with Crippen LogP contribution in [-0.2, 0) is 6.54 Å². The van der Waals surface area contributed by atoms with Crippen LogP contribution in [0, 0.1) is 0 Å². The van der Waals surface area contributed by atoms with Gasteiger partial charge in [0.05, 0.1) is 12.9 Å². The van der Waals surface area contributed by atoms with E-state index in [0.29, 0.717) is 6.54 Å². The minimum Gasteiger partial charge on any atom is -0.356 e. The van der Waals surface area contributed by atoms with Gasteiger partial charge in [-0.05, 0) is 22.9 Å². The third-order valence-electron chi connectivity index (χ3n) is 3.30. The van der Waals surface area contributed by atoms with E-state index in [4.69, 9.17) is 4.52 Å². The van der Waals surface area contributed by atoms with Crippen molar-refractivity contribution in [1.82, 2.24) is 14.7 Å². The van der Waals surface area contributed by atoms with Crippen molar-refractivity contribution in [3.05, 3.63) is 60.8 Å². The van der Waals surface area contributed by atoms with Crippen LogP contribution >= 0.6 is 12.4 Å². The minimum absolute atomic E-state index is 0. The average Bonchev–Trinajstić information content (AvgIpc) is 3.08. The number of imidazole rings is 1. The van der Waals surface area contributed by atoms with Gasteiger partial charge in [0.15, 0.2) is 5.58 Å². The highest BCUT2D eigenvalue weighted by atomic mass is 35.5. The highest BCUT2D eigenvalue weighted by Gasteiger charge is 2.09. The summed E-state index contributed by atoms with van der Waals surface area (Å²) in [5, 5.41) is 7.60. The van der Waals surface area contributed by atoms with Crippen molar-refractivity contribution in [3.63, 3.8) is 0 Å². The Labute approximate surface area is 121 Å². The third kappa shape index (κ3) is 2.04. The number of rotatable bonds is 2. The SMILES string of the molecule is Cl.c1ccc2cc3c(Cn4ccnc4)noc3cc2c1. The van der Waals surface area contributed by atoms with E-state index >= 15 is 0 Å². The summed E-state index contributed by atoms with van der Waals surface area (Å²) < 4.78 is 7.40. The van der Waals surface area contributed by atoms with Crippen LogP contribution in [0.25, 0.3) is 21.7 Å². The summed E-state index contributed by atoms with van der Waals surface area (Å²) in [6, 6.07) is 12.4. The van der Waals surface area contributed by atoms with Crippen molar-refractivity contribution in [2.24, 2.45) is 0 Å². The molecule has 0 aliphatic rings. The highest BCUT2D eigenvalue weighted by molar-refractivity contribution is 5.96. The van der Waals surface area contributed by atoms with Crippen LogP contribution in [-0.4, -0.2) is 14.7 Å². The van der Waals surface area contributed by atoms with Gasteiger partial charge in [0.1, 0.15) is 5.69 Å². The van der Waals surface area contributed by atoms with Gasteiger partial charge in [0.2, 0.25) is 0 Å². The predicted octanol–water partition coefficient (Wildman–Crippen LogP) is 3.65. The molecule has 0 aliphatic carbocycles. The molecular formula is C15H12ClN3O. The quantitative estimate of drug-likeness (QED) is 0.565. The zero-order valence-corrected chi connectivity index (χ0v) is 11.4. The van der Waals surface area contributed by atoms with Crippen LogP contribution in [0.1, 0.15) is 5.69 Å². The van der Waals surface area contributed by atoms with Crippen LogP contribution in [0.15, 0.2) is 59.6 Å². The van der Waals surface area contributed by atoms with E-state index < -0.39 is 0 Å². The van der Waals surface area contributed by atoms with Gasteiger partial charge in [0, 0.05) is 17.8 Å². The average molecular weight is 286 g/mol. The molecule has 4 rings (SSSR count). The largest absolute Gasteiger partial charge is 0.356 e. The second-order valence-corrected chi connectivity index (χ2v) is 4.56. The first kappa shape index (κ1) is 12.7. The molecule has 2 heterocycles. The summed E-state index contributed by atoms with van der Waals surface area (Å²) in [5.74, 6) is 0. The molecule has 0 atom stereocenters. The van der Waals surface area contributed by atoms with Gasteiger partial charge >= 0.3 is 0 Å². The molecule has 0 spiro atoms. The zero-order chi connectivity index (χ0) is 12.7. The monoisotopic (exact) mass is 285 g/mol. The first-order valence-electron chi connectivity index (χ1n) is 6.13. The number of halogens is 1. The number of hydrogen-bond donors (Lipinski definition) is 0. The topological polar surface area (TPSA) is 43.9 Å². The molecule has 0 fully saturated rings. The molecule has 2 aromatic heterocycles. The fourth-order valence-corrected chi connectivity index (χ4v) is 2.34. The maximum atomic E-state index is 5.42. The Morgan fingerprint density at radius 3 is 2.65 bits per heavy atom. The molecule has 0 saturated carbocycles. The molecule has 0 bridgehead atoms. The summed E-state index contributed by atoms with van der Waals surface area (Å²) in [5.41, 5.74) is 1.76. The first-order valence-corrected chi connectivity index (χ1v) is 6.13. The lowest BCUT2D eigenvalue weighted by molar-refractivity contribution is 0.443. The van der Waals surface area contributed by atoms with E-state index in [1.54, 1.807) is 12.5 Å². The van der Waals surface area contributed by atoms with Crippen LogP contribution in [0.3, 0.4) is 0 Å². The fraction of sp³-hybridized carbons (Fsp3) is 0.0667. The Morgan fingerprint density at radius 1 is 1.10 bits per heavy atom. The number of fused-ring (bicyclic) bond motifs is 2. The molecule has 4 nitrogen and oxygen atoms in total. The lowest BCUT2D eigenvalue weighted by atomic mass is 10.1. The number of nitrogens with zero attached hydrogens (tertiary/aromatic N) is 3. The summed E-state index contributed by atoms with van der Waals surface area (Å²) in [4.78, 5) is 4.04. The van der Waals surface area contributed by atoms with Gasteiger partial charge < -0.3 is 9.09 Å². The van der Waals surface area contributed by atoms with E-state index in [-0.39, 0.29) is 12.4 Å². The van der Waals surface area contributed by atoms with Crippen LogP contribution in [0.5, 0.6) is 0 Å². The summed E-state index contributed by atoms with van der Waals surface area (Å²) in [7, 11) is 0. The van der Waals surface area contributed by atoms with E-state index in [0.717, 1.165) is 16.7 Å². The van der Waals surface area contributed by atoms with Gasteiger partial charge in [-0.25, -0.2) is 4.98 Å². The Balaban J connectivity index is 0.00000121. The van der Waals surface area contributed by atoms with E-state index in [2.05, 4.69) is 28.3 Å². The zero-order valence-electron chi connectivity index (χ0n) is 10.6. The second kappa shape index (κ2) is 4.98. The highest BCUT2D eigenvalue weighted by Crippen LogP contribution is 2.25. The summed E-state index contributed by atoms with van der Waals surface area (Å²) in [6.45, 7) is 0.672. The summed E-state index contributed by atoms with van der Waals surface area (Å²) >= 11 is 0.